The average Bonchev–Trinajstić information content (AvgIpc) is 3.09. The molecule has 3 aromatic rings. The molecule has 0 N–H and O–H groups in total. The Labute approximate surface area is 157 Å². The minimum absolute atomic E-state index is 0.0226. The molecule has 0 aliphatic carbocycles. The molecular weight excluding hydrogens is 346 g/mol. The van der Waals surface area contributed by atoms with Crippen molar-refractivity contribution in [1.82, 2.24) is 4.90 Å². The normalized spacial score (nSPS) is 10.6. The molecule has 0 saturated heterocycles. The van der Waals surface area contributed by atoms with Gasteiger partial charge in [-0.25, -0.2) is 4.79 Å². The van der Waals surface area contributed by atoms with E-state index >= 15 is 0 Å². The number of amides is 1. The van der Waals surface area contributed by atoms with Crippen molar-refractivity contribution in [2.45, 2.75) is 13.0 Å². The van der Waals surface area contributed by atoms with Crippen LogP contribution in [-0.4, -0.2) is 38.0 Å². The van der Waals surface area contributed by atoms with Crippen LogP contribution in [0.4, 0.5) is 0 Å². The summed E-state index contributed by atoms with van der Waals surface area (Å²) >= 11 is 0. The number of hydrogen-bond donors (Lipinski definition) is 0. The van der Waals surface area contributed by atoms with Crippen LogP contribution in [-0.2, 0) is 22.5 Å². The van der Waals surface area contributed by atoms with Crippen LogP contribution in [0.3, 0.4) is 0 Å². The zero-order chi connectivity index (χ0) is 19.4. The van der Waals surface area contributed by atoms with Crippen LogP contribution in [0.25, 0.3) is 11.0 Å². The number of ether oxygens (including phenoxy) is 2. The van der Waals surface area contributed by atoms with Crippen molar-refractivity contribution in [2.75, 3.05) is 21.3 Å². The summed E-state index contributed by atoms with van der Waals surface area (Å²) in [5, 5.41) is 0.903. The fourth-order valence-corrected chi connectivity index (χ4v) is 2.85. The fourth-order valence-electron chi connectivity index (χ4n) is 2.85. The second-order valence-electron chi connectivity index (χ2n) is 6.24. The molecule has 2 aromatic carbocycles. The number of likely N-dealkylation sites (N-methyl/N-ethyl adjacent to an activating group) is 1. The van der Waals surface area contributed by atoms with Crippen molar-refractivity contribution < 1.29 is 23.5 Å². The number of carbonyl (C=O) groups is 2. The standard InChI is InChI=1S/C21H21NO5/c1-22(12-14-4-6-15(7-5-14)21(24)26-3)20(23)10-16-13-27-19-11-17(25-2)8-9-18(16)19/h4-9,11,13H,10,12H2,1-3H3. The Balaban J connectivity index is 1.66. The van der Waals surface area contributed by atoms with Gasteiger partial charge >= 0.3 is 5.97 Å². The maximum absolute atomic E-state index is 12.6. The topological polar surface area (TPSA) is 69.0 Å². The van der Waals surface area contributed by atoms with Crippen LogP contribution < -0.4 is 4.74 Å². The van der Waals surface area contributed by atoms with E-state index in [9.17, 15) is 9.59 Å². The van der Waals surface area contributed by atoms with Crippen LogP contribution in [0.15, 0.2) is 53.1 Å². The summed E-state index contributed by atoms with van der Waals surface area (Å²) in [5.41, 5.74) is 2.94. The summed E-state index contributed by atoms with van der Waals surface area (Å²) in [6.07, 6.45) is 1.86. The first-order chi connectivity index (χ1) is 13.0. The lowest BCUT2D eigenvalue weighted by molar-refractivity contribution is -0.129. The Hall–Kier alpha value is -3.28. The van der Waals surface area contributed by atoms with Gasteiger partial charge in [0.15, 0.2) is 0 Å². The lowest BCUT2D eigenvalue weighted by atomic mass is 10.1. The molecule has 1 aromatic heterocycles. The molecule has 0 atom stereocenters. The Bertz CT molecular complexity index is 958. The molecule has 1 amide bonds. The number of nitrogens with zero attached hydrogens (tertiary/aromatic N) is 1. The molecule has 0 spiro atoms. The number of fused-ring (bicyclic) bond motifs is 1. The first-order valence-electron chi connectivity index (χ1n) is 8.47. The summed E-state index contributed by atoms with van der Waals surface area (Å²) in [7, 11) is 4.70. The van der Waals surface area contributed by atoms with E-state index in [0.717, 1.165) is 16.5 Å². The van der Waals surface area contributed by atoms with Crippen molar-refractivity contribution in [2.24, 2.45) is 0 Å². The van der Waals surface area contributed by atoms with E-state index in [1.807, 2.05) is 24.3 Å². The molecule has 0 aliphatic heterocycles. The number of hydrogen-bond acceptors (Lipinski definition) is 5. The van der Waals surface area contributed by atoms with Crippen molar-refractivity contribution >= 4 is 22.8 Å². The lowest BCUT2D eigenvalue weighted by Crippen LogP contribution is -2.27. The number of methoxy groups -OCH3 is 2. The number of furan rings is 1. The molecule has 6 heteroatoms. The van der Waals surface area contributed by atoms with Crippen LogP contribution in [0.5, 0.6) is 5.75 Å². The van der Waals surface area contributed by atoms with E-state index in [-0.39, 0.29) is 18.3 Å². The van der Waals surface area contributed by atoms with Crippen LogP contribution in [0.1, 0.15) is 21.5 Å². The quantitative estimate of drug-likeness (QED) is 0.625. The van der Waals surface area contributed by atoms with E-state index in [1.54, 1.807) is 43.5 Å². The van der Waals surface area contributed by atoms with Gasteiger partial charge in [-0.2, -0.15) is 0 Å². The zero-order valence-corrected chi connectivity index (χ0v) is 15.5. The van der Waals surface area contributed by atoms with Crippen molar-refractivity contribution in [3.8, 4) is 5.75 Å². The average molecular weight is 367 g/mol. The molecule has 140 valence electrons. The SMILES string of the molecule is COC(=O)c1ccc(CN(C)C(=O)Cc2coc3cc(OC)ccc23)cc1. The van der Waals surface area contributed by atoms with Crippen LogP contribution in [0.2, 0.25) is 0 Å². The molecule has 0 unspecified atom stereocenters. The van der Waals surface area contributed by atoms with Gasteiger partial charge in [0.25, 0.3) is 0 Å². The van der Waals surface area contributed by atoms with Gasteiger partial charge < -0.3 is 18.8 Å². The van der Waals surface area contributed by atoms with Gasteiger partial charge in [-0.05, 0) is 29.8 Å². The van der Waals surface area contributed by atoms with Crippen molar-refractivity contribution in [1.29, 1.82) is 0 Å². The summed E-state index contributed by atoms with van der Waals surface area (Å²) in [4.78, 5) is 25.7. The second kappa shape index (κ2) is 7.95. The highest BCUT2D eigenvalue weighted by molar-refractivity contribution is 5.89. The third kappa shape index (κ3) is 4.11. The van der Waals surface area contributed by atoms with E-state index < -0.39 is 0 Å². The van der Waals surface area contributed by atoms with Crippen LogP contribution in [0, 0.1) is 0 Å². The molecular formula is C21H21NO5. The number of esters is 1. The molecule has 6 nitrogen and oxygen atoms in total. The van der Waals surface area contributed by atoms with Crippen molar-refractivity contribution in [3.63, 3.8) is 0 Å². The molecule has 0 aliphatic rings. The first-order valence-corrected chi connectivity index (χ1v) is 8.47. The maximum atomic E-state index is 12.6. The number of rotatable bonds is 6. The summed E-state index contributed by atoms with van der Waals surface area (Å²) < 4.78 is 15.4. The van der Waals surface area contributed by atoms with Gasteiger partial charge in [-0.3, -0.25) is 4.79 Å². The van der Waals surface area contributed by atoms with Gasteiger partial charge in [0.05, 0.1) is 32.5 Å². The minimum atomic E-state index is -0.380. The predicted molar refractivity (Wildman–Crippen MR) is 101 cm³/mol. The second-order valence-corrected chi connectivity index (χ2v) is 6.24. The smallest absolute Gasteiger partial charge is 0.337 e. The van der Waals surface area contributed by atoms with E-state index in [2.05, 4.69) is 4.74 Å². The maximum Gasteiger partial charge on any atom is 0.337 e. The third-order valence-electron chi connectivity index (χ3n) is 4.43. The van der Waals surface area contributed by atoms with Gasteiger partial charge in [0.2, 0.25) is 5.91 Å². The van der Waals surface area contributed by atoms with Gasteiger partial charge in [-0.15, -0.1) is 0 Å². The summed E-state index contributed by atoms with van der Waals surface area (Å²) in [6.45, 7) is 0.448. The largest absolute Gasteiger partial charge is 0.497 e. The number of carbonyl (C=O) groups excluding carboxylic acids is 2. The summed E-state index contributed by atoms with van der Waals surface area (Å²) in [6, 6.07) is 12.6. The Morgan fingerprint density at radius 1 is 1.07 bits per heavy atom. The number of benzene rings is 2. The van der Waals surface area contributed by atoms with E-state index in [4.69, 9.17) is 9.15 Å². The molecule has 1 heterocycles. The van der Waals surface area contributed by atoms with Gasteiger partial charge in [-0.1, -0.05) is 12.1 Å². The molecule has 0 bridgehead atoms. The monoisotopic (exact) mass is 367 g/mol. The highest BCUT2D eigenvalue weighted by atomic mass is 16.5. The Morgan fingerprint density at radius 3 is 2.48 bits per heavy atom. The Kier molecular flexibility index (Phi) is 5.45. The van der Waals surface area contributed by atoms with Crippen molar-refractivity contribution in [3.05, 3.63) is 65.4 Å². The van der Waals surface area contributed by atoms with Gasteiger partial charge in [0, 0.05) is 30.6 Å². The van der Waals surface area contributed by atoms with E-state index in [0.29, 0.717) is 23.4 Å². The lowest BCUT2D eigenvalue weighted by Gasteiger charge is -2.17. The van der Waals surface area contributed by atoms with Crippen LogP contribution >= 0.6 is 0 Å². The molecule has 3 rings (SSSR count). The molecule has 0 fully saturated rings. The predicted octanol–water partition coefficient (Wildman–Crippen LogP) is 3.43. The first kappa shape index (κ1) is 18.5. The fraction of sp³-hybridized carbons (Fsp3) is 0.238. The third-order valence-corrected chi connectivity index (χ3v) is 4.43. The minimum Gasteiger partial charge on any atom is -0.497 e. The highest BCUT2D eigenvalue weighted by Gasteiger charge is 2.15. The molecule has 0 saturated carbocycles. The summed E-state index contributed by atoms with van der Waals surface area (Å²) in [5.74, 6) is 0.308. The van der Waals surface area contributed by atoms with Gasteiger partial charge in [0.1, 0.15) is 11.3 Å². The Morgan fingerprint density at radius 2 is 1.81 bits per heavy atom. The molecule has 27 heavy (non-hydrogen) atoms. The highest BCUT2D eigenvalue weighted by Crippen LogP contribution is 2.26. The van der Waals surface area contributed by atoms with E-state index in [1.165, 1.54) is 7.11 Å². The molecule has 0 radical (unpaired) electrons. The zero-order valence-electron chi connectivity index (χ0n) is 15.5.